The van der Waals surface area contributed by atoms with Crippen molar-refractivity contribution in [3.8, 4) is 0 Å². The minimum absolute atomic E-state index is 0.160. The molecule has 1 aliphatic carbocycles. The SMILES string of the molecule is Cc1ccc(C(=O)N[C@H](C)C2CC2)c(=O)[nH]1. The molecule has 86 valence electrons. The van der Waals surface area contributed by atoms with Crippen LogP contribution >= 0.6 is 0 Å². The van der Waals surface area contributed by atoms with E-state index >= 15 is 0 Å². The molecule has 1 fully saturated rings. The van der Waals surface area contributed by atoms with Crippen LogP contribution in [0.4, 0.5) is 0 Å². The van der Waals surface area contributed by atoms with Crippen LogP contribution in [-0.4, -0.2) is 16.9 Å². The van der Waals surface area contributed by atoms with Gasteiger partial charge < -0.3 is 10.3 Å². The monoisotopic (exact) mass is 220 g/mol. The van der Waals surface area contributed by atoms with Crippen LogP contribution in [0.5, 0.6) is 0 Å². The summed E-state index contributed by atoms with van der Waals surface area (Å²) in [7, 11) is 0. The zero-order chi connectivity index (χ0) is 11.7. The third-order valence-electron chi connectivity index (χ3n) is 2.99. The lowest BCUT2D eigenvalue weighted by molar-refractivity contribution is 0.0934. The summed E-state index contributed by atoms with van der Waals surface area (Å²) in [5.74, 6) is 0.314. The zero-order valence-electron chi connectivity index (χ0n) is 9.54. The largest absolute Gasteiger partial charge is 0.349 e. The maximum absolute atomic E-state index is 11.8. The Morgan fingerprint density at radius 3 is 2.75 bits per heavy atom. The Balaban J connectivity index is 2.11. The lowest BCUT2D eigenvalue weighted by atomic mass is 10.2. The summed E-state index contributed by atoms with van der Waals surface area (Å²) in [5.41, 5.74) is 0.635. The number of hydrogen-bond donors (Lipinski definition) is 2. The first kappa shape index (κ1) is 10.9. The molecule has 16 heavy (non-hydrogen) atoms. The van der Waals surface area contributed by atoms with Gasteiger partial charge in [-0.15, -0.1) is 0 Å². The topological polar surface area (TPSA) is 62.0 Å². The maximum Gasteiger partial charge on any atom is 0.260 e. The summed E-state index contributed by atoms with van der Waals surface area (Å²) in [5, 5.41) is 2.86. The van der Waals surface area contributed by atoms with E-state index in [1.807, 2.05) is 6.92 Å². The Hall–Kier alpha value is -1.58. The van der Waals surface area contributed by atoms with Gasteiger partial charge >= 0.3 is 0 Å². The van der Waals surface area contributed by atoms with Crippen molar-refractivity contribution < 1.29 is 4.79 Å². The van der Waals surface area contributed by atoms with Crippen molar-refractivity contribution in [1.29, 1.82) is 0 Å². The van der Waals surface area contributed by atoms with Crippen LogP contribution < -0.4 is 10.9 Å². The molecule has 0 spiro atoms. The first-order valence-electron chi connectivity index (χ1n) is 5.58. The molecule has 2 N–H and O–H groups in total. The van der Waals surface area contributed by atoms with Crippen LogP contribution in [-0.2, 0) is 0 Å². The molecule has 0 unspecified atom stereocenters. The van der Waals surface area contributed by atoms with E-state index in [1.165, 1.54) is 12.8 Å². The van der Waals surface area contributed by atoms with Crippen molar-refractivity contribution in [2.75, 3.05) is 0 Å². The number of nitrogens with one attached hydrogen (secondary N) is 2. The lowest BCUT2D eigenvalue weighted by Crippen LogP contribution is -2.37. The fourth-order valence-corrected chi connectivity index (χ4v) is 1.75. The summed E-state index contributed by atoms with van der Waals surface area (Å²) in [4.78, 5) is 25.9. The third-order valence-corrected chi connectivity index (χ3v) is 2.99. The molecule has 0 saturated heterocycles. The van der Waals surface area contributed by atoms with Crippen molar-refractivity contribution in [2.24, 2.45) is 5.92 Å². The minimum Gasteiger partial charge on any atom is -0.349 e. The number of carbonyl (C=O) groups excluding carboxylic acids is 1. The minimum atomic E-state index is -0.319. The highest BCUT2D eigenvalue weighted by Crippen LogP contribution is 2.32. The van der Waals surface area contributed by atoms with Crippen molar-refractivity contribution in [3.05, 3.63) is 33.7 Å². The van der Waals surface area contributed by atoms with Gasteiger partial charge in [-0.05, 0) is 44.7 Å². The van der Waals surface area contributed by atoms with Gasteiger partial charge in [-0.3, -0.25) is 9.59 Å². The van der Waals surface area contributed by atoms with E-state index < -0.39 is 0 Å². The van der Waals surface area contributed by atoms with Gasteiger partial charge in [0.25, 0.3) is 11.5 Å². The van der Waals surface area contributed by atoms with E-state index in [4.69, 9.17) is 0 Å². The molecule has 4 nitrogen and oxygen atoms in total. The molecule has 0 aliphatic heterocycles. The number of hydrogen-bond acceptors (Lipinski definition) is 2. The molecule has 2 rings (SSSR count). The summed E-state index contributed by atoms with van der Waals surface area (Å²) in [6.45, 7) is 3.77. The first-order chi connectivity index (χ1) is 7.58. The van der Waals surface area contributed by atoms with Gasteiger partial charge in [0.05, 0.1) is 0 Å². The Kier molecular flexibility index (Phi) is 2.81. The maximum atomic E-state index is 11.8. The molecule has 1 amide bonds. The second kappa shape index (κ2) is 4.12. The number of rotatable bonds is 3. The van der Waals surface area contributed by atoms with Gasteiger partial charge in [-0.25, -0.2) is 0 Å². The summed E-state index contributed by atoms with van der Waals surface area (Å²) < 4.78 is 0. The predicted molar refractivity (Wildman–Crippen MR) is 61.5 cm³/mol. The molecule has 1 aromatic heterocycles. The summed E-state index contributed by atoms with van der Waals surface area (Å²) >= 11 is 0. The van der Waals surface area contributed by atoms with Crippen LogP contribution in [0.3, 0.4) is 0 Å². The number of aromatic amines is 1. The van der Waals surface area contributed by atoms with E-state index in [1.54, 1.807) is 19.1 Å². The summed E-state index contributed by atoms with van der Waals surface area (Å²) in [6, 6.07) is 3.47. The standard InChI is InChI=1S/C12H16N2O2/c1-7-3-6-10(11(15)13-7)12(16)14-8(2)9-4-5-9/h3,6,8-9H,4-5H2,1-2H3,(H,13,15)(H,14,16)/t8-/m1/s1. The fourth-order valence-electron chi connectivity index (χ4n) is 1.75. The average Bonchev–Trinajstić information content (AvgIpc) is 2.99. The van der Waals surface area contributed by atoms with Gasteiger partial charge in [0.1, 0.15) is 5.56 Å². The second-order valence-corrected chi connectivity index (χ2v) is 4.48. The van der Waals surface area contributed by atoms with Crippen molar-refractivity contribution in [3.63, 3.8) is 0 Å². The van der Waals surface area contributed by atoms with Gasteiger partial charge in [0, 0.05) is 11.7 Å². The van der Waals surface area contributed by atoms with Crippen LogP contribution in [0.1, 0.15) is 35.8 Å². The van der Waals surface area contributed by atoms with Crippen LogP contribution in [0.2, 0.25) is 0 Å². The van der Waals surface area contributed by atoms with Gasteiger partial charge in [-0.2, -0.15) is 0 Å². The second-order valence-electron chi connectivity index (χ2n) is 4.48. The number of amides is 1. The number of aryl methyl sites for hydroxylation is 1. The number of pyridine rings is 1. The Bertz CT molecular complexity index is 460. The molecule has 1 aliphatic rings. The van der Waals surface area contributed by atoms with Crippen molar-refractivity contribution >= 4 is 5.91 Å². The van der Waals surface area contributed by atoms with Gasteiger partial charge in [0.15, 0.2) is 0 Å². The molecular formula is C12H16N2O2. The lowest BCUT2D eigenvalue weighted by Gasteiger charge is -2.12. The predicted octanol–water partition coefficient (Wildman–Crippen LogP) is 1.21. The van der Waals surface area contributed by atoms with E-state index in [9.17, 15) is 9.59 Å². The average molecular weight is 220 g/mol. The van der Waals surface area contributed by atoms with Crippen molar-refractivity contribution in [2.45, 2.75) is 32.7 Å². The molecule has 1 aromatic rings. The number of carbonyl (C=O) groups is 1. The van der Waals surface area contributed by atoms with Crippen LogP contribution in [0.25, 0.3) is 0 Å². The zero-order valence-corrected chi connectivity index (χ0v) is 9.54. The highest BCUT2D eigenvalue weighted by atomic mass is 16.2. The highest BCUT2D eigenvalue weighted by Gasteiger charge is 2.29. The molecule has 0 radical (unpaired) electrons. The first-order valence-corrected chi connectivity index (χ1v) is 5.58. The molecule has 4 heteroatoms. The highest BCUT2D eigenvalue weighted by molar-refractivity contribution is 5.94. The molecule has 0 aromatic carbocycles. The summed E-state index contributed by atoms with van der Waals surface area (Å²) in [6.07, 6.45) is 2.34. The molecule has 1 heterocycles. The third kappa shape index (κ3) is 2.32. The molecule has 0 bridgehead atoms. The van der Waals surface area contributed by atoms with Gasteiger partial charge in [0.2, 0.25) is 0 Å². The van der Waals surface area contributed by atoms with E-state index in [0.29, 0.717) is 5.92 Å². The van der Waals surface area contributed by atoms with Gasteiger partial charge in [-0.1, -0.05) is 0 Å². The smallest absolute Gasteiger partial charge is 0.260 e. The molecule has 1 atom stereocenters. The Labute approximate surface area is 94.1 Å². The fraction of sp³-hybridized carbons (Fsp3) is 0.500. The van der Waals surface area contributed by atoms with E-state index in [-0.39, 0.29) is 23.1 Å². The van der Waals surface area contributed by atoms with Crippen molar-refractivity contribution in [1.82, 2.24) is 10.3 Å². The molecule has 1 saturated carbocycles. The normalized spacial score (nSPS) is 16.9. The number of H-pyrrole nitrogens is 1. The van der Waals surface area contributed by atoms with Crippen LogP contribution in [0.15, 0.2) is 16.9 Å². The van der Waals surface area contributed by atoms with E-state index in [2.05, 4.69) is 10.3 Å². The quantitative estimate of drug-likeness (QED) is 0.804. The Morgan fingerprint density at radius 2 is 2.19 bits per heavy atom. The van der Waals surface area contributed by atoms with E-state index in [0.717, 1.165) is 5.69 Å². The molecular weight excluding hydrogens is 204 g/mol. The Morgan fingerprint density at radius 1 is 1.50 bits per heavy atom. The number of aromatic nitrogens is 1. The van der Waals surface area contributed by atoms with Crippen LogP contribution in [0, 0.1) is 12.8 Å².